The van der Waals surface area contributed by atoms with Gasteiger partial charge in [0.2, 0.25) is 0 Å². The van der Waals surface area contributed by atoms with Gasteiger partial charge >= 0.3 is 5.97 Å². The number of carbonyl (C=O) groups excluding carboxylic acids is 1. The maximum absolute atomic E-state index is 11.4. The Morgan fingerprint density at radius 3 is 2.71 bits per heavy atom. The summed E-state index contributed by atoms with van der Waals surface area (Å²) in [6, 6.07) is 0. The lowest BCUT2D eigenvalue weighted by Crippen LogP contribution is -2.45. The SMILES string of the molecule is CC(O)(CN)C(=O)OC1CCOCC1. The molecule has 14 heavy (non-hydrogen) atoms. The lowest BCUT2D eigenvalue weighted by atomic mass is 10.1. The summed E-state index contributed by atoms with van der Waals surface area (Å²) >= 11 is 0. The molecule has 82 valence electrons. The average molecular weight is 203 g/mol. The molecule has 1 saturated heterocycles. The Morgan fingerprint density at radius 2 is 2.21 bits per heavy atom. The summed E-state index contributed by atoms with van der Waals surface area (Å²) in [5.41, 5.74) is 3.67. The Bertz CT molecular complexity index is 199. The van der Waals surface area contributed by atoms with Crippen LogP contribution < -0.4 is 5.73 Å². The van der Waals surface area contributed by atoms with E-state index in [-0.39, 0.29) is 12.6 Å². The van der Waals surface area contributed by atoms with E-state index < -0.39 is 11.6 Å². The molecule has 0 aliphatic carbocycles. The number of esters is 1. The fraction of sp³-hybridized carbons (Fsp3) is 0.889. The summed E-state index contributed by atoms with van der Waals surface area (Å²) < 4.78 is 10.2. The van der Waals surface area contributed by atoms with Crippen molar-refractivity contribution in [1.82, 2.24) is 0 Å². The molecule has 1 rings (SSSR count). The first-order valence-electron chi connectivity index (χ1n) is 4.77. The van der Waals surface area contributed by atoms with E-state index in [9.17, 15) is 9.90 Å². The third-order valence-corrected chi connectivity index (χ3v) is 2.28. The molecule has 0 aromatic heterocycles. The van der Waals surface area contributed by atoms with Crippen LogP contribution >= 0.6 is 0 Å². The summed E-state index contributed by atoms with van der Waals surface area (Å²) in [6.07, 6.45) is 1.23. The second-order valence-corrected chi connectivity index (χ2v) is 3.70. The van der Waals surface area contributed by atoms with Gasteiger partial charge < -0.3 is 20.3 Å². The van der Waals surface area contributed by atoms with Crippen LogP contribution in [0.5, 0.6) is 0 Å². The quantitative estimate of drug-likeness (QED) is 0.600. The lowest BCUT2D eigenvalue weighted by molar-refractivity contribution is -0.172. The van der Waals surface area contributed by atoms with Gasteiger partial charge in [-0.15, -0.1) is 0 Å². The zero-order valence-electron chi connectivity index (χ0n) is 8.36. The second-order valence-electron chi connectivity index (χ2n) is 3.70. The minimum atomic E-state index is -1.57. The number of rotatable bonds is 3. The van der Waals surface area contributed by atoms with Crippen molar-refractivity contribution in [1.29, 1.82) is 0 Å². The Kier molecular flexibility index (Phi) is 3.86. The maximum atomic E-state index is 11.4. The molecule has 1 aliphatic rings. The molecule has 1 aliphatic heterocycles. The molecular weight excluding hydrogens is 186 g/mol. The summed E-state index contributed by atoms with van der Waals surface area (Å²) in [5.74, 6) is -0.646. The minimum absolute atomic E-state index is 0.130. The van der Waals surface area contributed by atoms with Gasteiger partial charge in [-0.25, -0.2) is 4.79 Å². The van der Waals surface area contributed by atoms with Gasteiger partial charge in [-0.3, -0.25) is 0 Å². The van der Waals surface area contributed by atoms with Crippen LogP contribution in [0.4, 0.5) is 0 Å². The lowest BCUT2D eigenvalue weighted by Gasteiger charge is -2.26. The predicted octanol–water partition coefficient (Wildman–Crippen LogP) is -0.582. The average Bonchev–Trinajstić information content (AvgIpc) is 2.19. The van der Waals surface area contributed by atoms with Gasteiger partial charge in [0.05, 0.1) is 13.2 Å². The van der Waals surface area contributed by atoms with Crippen molar-refractivity contribution in [3.63, 3.8) is 0 Å². The van der Waals surface area contributed by atoms with E-state index in [2.05, 4.69) is 0 Å². The molecule has 0 bridgehead atoms. The van der Waals surface area contributed by atoms with E-state index >= 15 is 0 Å². The van der Waals surface area contributed by atoms with E-state index in [1.807, 2.05) is 0 Å². The molecule has 5 nitrogen and oxygen atoms in total. The third-order valence-electron chi connectivity index (χ3n) is 2.28. The van der Waals surface area contributed by atoms with E-state index in [4.69, 9.17) is 15.2 Å². The van der Waals surface area contributed by atoms with Crippen LogP contribution in [-0.2, 0) is 14.3 Å². The van der Waals surface area contributed by atoms with Crippen molar-refractivity contribution in [3.8, 4) is 0 Å². The van der Waals surface area contributed by atoms with Crippen molar-refractivity contribution in [2.75, 3.05) is 19.8 Å². The number of nitrogens with two attached hydrogens (primary N) is 1. The highest BCUT2D eigenvalue weighted by molar-refractivity contribution is 5.79. The molecule has 1 heterocycles. The molecule has 0 spiro atoms. The summed E-state index contributed by atoms with van der Waals surface area (Å²) in [6.45, 7) is 2.43. The standard InChI is InChI=1S/C9H17NO4/c1-9(12,6-10)8(11)14-7-2-4-13-5-3-7/h7,12H,2-6,10H2,1H3. The molecule has 1 atom stereocenters. The van der Waals surface area contributed by atoms with Gasteiger partial charge in [-0.1, -0.05) is 0 Å². The number of ether oxygens (including phenoxy) is 2. The number of hydrogen-bond acceptors (Lipinski definition) is 5. The first-order chi connectivity index (χ1) is 6.56. The molecule has 3 N–H and O–H groups in total. The molecule has 1 fully saturated rings. The van der Waals surface area contributed by atoms with Crippen LogP contribution in [0, 0.1) is 0 Å². The van der Waals surface area contributed by atoms with E-state index in [1.54, 1.807) is 0 Å². The van der Waals surface area contributed by atoms with Crippen LogP contribution in [0.1, 0.15) is 19.8 Å². The monoisotopic (exact) mass is 203 g/mol. The summed E-state index contributed by atoms with van der Waals surface area (Å²) in [4.78, 5) is 11.4. The largest absolute Gasteiger partial charge is 0.460 e. The molecule has 5 heteroatoms. The van der Waals surface area contributed by atoms with Gasteiger partial charge in [-0.05, 0) is 6.92 Å². The van der Waals surface area contributed by atoms with Crippen molar-refractivity contribution >= 4 is 5.97 Å². The van der Waals surface area contributed by atoms with Gasteiger partial charge in [0.1, 0.15) is 6.10 Å². The smallest absolute Gasteiger partial charge is 0.339 e. The zero-order chi connectivity index (χ0) is 10.6. The molecular formula is C9H17NO4. The first-order valence-corrected chi connectivity index (χ1v) is 4.77. The number of hydrogen-bond donors (Lipinski definition) is 2. The number of carbonyl (C=O) groups is 1. The molecule has 0 aromatic carbocycles. The maximum Gasteiger partial charge on any atom is 0.339 e. The van der Waals surface area contributed by atoms with Gasteiger partial charge in [-0.2, -0.15) is 0 Å². The van der Waals surface area contributed by atoms with Crippen LogP contribution in [0.3, 0.4) is 0 Å². The first kappa shape index (κ1) is 11.4. The minimum Gasteiger partial charge on any atom is -0.460 e. The van der Waals surface area contributed by atoms with E-state index in [0.29, 0.717) is 26.1 Å². The predicted molar refractivity (Wildman–Crippen MR) is 49.6 cm³/mol. The molecule has 0 aromatic rings. The van der Waals surface area contributed by atoms with Gasteiger partial charge in [0, 0.05) is 19.4 Å². The Morgan fingerprint density at radius 1 is 1.64 bits per heavy atom. The topological polar surface area (TPSA) is 81.8 Å². The molecule has 0 radical (unpaired) electrons. The third kappa shape index (κ3) is 2.94. The highest BCUT2D eigenvalue weighted by Crippen LogP contribution is 2.14. The fourth-order valence-electron chi connectivity index (χ4n) is 1.16. The molecule has 0 saturated carbocycles. The second kappa shape index (κ2) is 4.72. The normalized spacial score (nSPS) is 22.8. The Hall–Kier alpha value is -0.650. The van der Waals surface area contributed by atoms with Crippen molar-refractivity contribution < 1.29 is 19.4 Å². The van der Waals surface area contributed by atoms with Gasteiger partial charge in [0.15, 0.2) is 5.60 Å². The highest BCUT2D eigenvalue weighted by Gasteiger charge is 2.32. The van der Waals surface area contributed by atoms with Crippen LogP contribution in [0.15, 0.2) is 0 Å². The van der Waals surface area contributed by atoms with Crippen molar-refractivity contribution in [2.24, 2.45) is 5.73 Å². The van der Waals surface area contributed by atoms with Crippen molar-refractivity contribution in [3.05, 3.63) is 0 Å². The molecule has 0 amide bonds. The molecule has 1 unspecified atom stereocenters. The summed E-state index contributed by atoms with van der Waals surface area (Å²) in [7, 11) is 0. The fourth-order valence-corrected chi connectivity index (χ4v) is 1.16. The zero-order valence-corrected chi connectivity index (χ0v) is 8.36. The van der Waals surface area contributed by atoms with Crippen molar-refractivity contribution in [2.45, 2.75) is 31.5 Å². The van der Waals surface area contributed by atoms with Gasteiger partial charge in [0.25, 0.3) is 0 Å². The van der Waals surface area contributed by atoms with Crippen LogP contribution in [0.2, 0.25) is 0 Å². The number of aliphatic hydroxyl groups is 1. The summed E-state index contributed by atoms with van der Waals surface area (Å²) in [5, 5.41) is 9.49. The highest BCUT2D eigenvalue weighted by atomic mass is 16.6. The van der Waals surface area contributed by atoms with Crippen LogP contribution in [0.25, 0.3) is 0 Å². The van der Waals surface area contributed by atoms with E-state index in [1.165, 1.54) is 6.92 Å². The van der Waals surface area contributed by atoms with E-state index in [0.717, 1.165) is 0 Å². The Balaban J connectivity index is 2.39. The van der Waals surface area contributed by atoms with Crippen LogP contribution in [-0.4, -0.2) is 42.5 Å². The Labute approximate surface area is 83.2 Å².